The summed E-state index contributed by atoms with van der Waals surface area (Å²) in [6, 6.07) is 16.4. The van der Waals surface area contributed by atoms with Crippen molar-refractivity contribution < 1.29 is 9.47 Å². The van der Waals surface area contributed by atoms with Gasteiger partial charge in [-0.05, 0) is 48.8 Å². The summed E-state index contributed by atoms with van der Waals surface area (Å²) in [7, 11) is 0. The number of rotatable bonds is 5. The lowest BCUT2D eigenvalue weighted by Gasteiger charge is -2.17. The standard InChI is InChI=1S/C18H20N2O2S/c1-13(15-7-8-16-17(11-15)22-12-21-16)20-18(23)19-10-9-14-5-3-2-4-6-14/h2-8,11,13H,9-10,12H2,1H3,(H2,19,20,23)/t13-/m0/s1. The second-order valence-corrected chi connectivity index (χ2v) is 5.88. The predicted molar refractivity (Wildman–Crippen MR) is 94.9 cm³/mol. The second-order valence-electron chi connectivity index (χ2n) is 5.47. The van der Waals surface area contributed by atoms with Crippen molar-refractivity contribution >= 4 is 17.3 Å². The summed E-state index contributed by atoms with van der Waals surface area (Å²) in [6.07, 6.45) is 0.946. The molecule has 1 aliphatic heterocycles. The molecule has 0 bridgehead atoms. The molecular weight excluding hydrogens is 308 g/mol. The molecule has 3 rings (SSSR count). The van der Waals surface area contributed by atoms with Crippen LogP contribution in [0.2, 0.25) is 0 Å². The number of hydrogen-bond donors (Lipinski definition) is 2. The van der Waals surface area contributed by atoms with Gasteiger partial charge in [0, 0.05) is 6.54 Å². The molecule has 1 atom stereocenters. The van der Waals surface area contributed by atoms with Crippen molar-refractivity contribution in [2.45, 2.75) is 19.4 Å². The third-order valence-electron chi connectivity index (χ3n) is 3.79. The lowest BCUT2D eigenvalue weighted by atomic mass is 10.1. The van der Waals surface area contributed by atoms with E-state index in [-0.39, 0.29) is 6.04 Å². The molecule has 0 saturated carbocycles. The minimum absolute atomic E-state index is 0.0984. The molecule has 0 saturated heterocycles. The van der Waals surface area contributed by atoms with Crippen LogP contribution in [-0.2, 0) is 6.42 Å². The quantitative estimate of drug-likeness (QED) is 0.825. The Hall–Kier alpha value is -2.27. The molecule has 1 heterocycles. The molecule has 0 amide bonds. The van der Waals surface area contributed by atoms with E-state index in [0.717, 1.165) is 30.0 Å². The van der Waals surface area contributed by atoms with Gasteiger partial charge < -0.3 is 20.1 Å². The van der Waals surface area contributed by atoms with Crippen molar-refractivity contribution in [2.24, 2.45) is 0 Å². The minimum atomic E-state index is 0.0984. The highest BCUT2D eigenvalue weighted by Gasteiger charge is 2.16. The maximum absolute atomic E-state index is 5.41. The van der Waals surface area contributed by atoms with Crippen LogP contribution in [0.3, 0.4) is 0 Å². The lowest BCUT2D eigenvalue weighted by molar-refractivity contribution is 0.174. The average molecular weight is 328 g/mol. The van der Waals surface area contributed by atoms with Crippen molar-refractivity contribution in [3.8, 4) is 11.5 Å². The topological polar surface area (TPSA) is 42.5 Å². The van der Waals surface area contributed by atoms with Gasteiger partial charge in [-0.15, -0.1) is 0 Å². The van der Waals surface area contributed by atoms with E-state index in [1.807, 2.05) is 36.4 Å². The van der Waals surface area contributed by atoms with Gasteiger partial charge in [0.05, 0.1) is 6.04 Å². The number of hydrogen-bond acceptors (Lipinski definition) is 3. The first-order chi connectivity index (χ1) is 11.2. The van der Waals surface area contributed by atoms with Crippen LogP contribution in [0.15, 0.2) is 48.5 Å². The van der Waals surface area contributed by atoms with E-state index in [4.69, 9.17) is 21.7 Å². The van der Waals surface area contributed by atoms with Crippen LogP contribution < -0.4 is 20.1 Å². The second kappa shape index (κ2) is 7.33. The van der Waals surface area contributed by atoms with Gasteiger partial charge in [0.1, 0.15) is 0 Å². The molecule has 0 fully saturated rings. The van der Waals surface area contributed by atoms with Crippen molar-refractivity contribution in [3.63, 3.8) is 0 Å². The Morgan fingerprint density at radius 1 is 1.13 bits per heavy atom. The molecule has 0 aromatic heterocycles. The number of nitrogens with one attached hydrogen (secondary N) is 2. The SMILES string of the molecule is C[C@H](NC(=S)NCCc1ccccc1)c1ccc2c(c1)OCO2. The van der Waals surface area contributed by atoms with Gasteiger partial charge >= 0.3 is 0 Å². The lowest BCUT2D eigenvalue weighted by Crippen LogP contribution is -2.37. The van der Waals surface area contributed by atoms with E-state index >= 15 is 0 Å². The smallest absolute Gasteiger partial charge is 0.231 e. The maximum atomic E-state index is 5.41. The van der Waals surface area contributed by atoms with Crippen molar-refractivity contribution in [3.05, 3.63) is 59.7 Å². The molecule has 5 heteroatoms. The fraction of sp³-hybridized carbons (Fsp3) is 0.278. The number of fused-ring (bicyclic) bond motifs is 1. The molecule has 0 spiro atoms. The fourth-order valence-corrected chi connectivity index (χ4v) is 2.76. The monoisotopic (exact) mass is 328 g/mol. The van der Waals surface area contributed by atoms with Gasteiger partial charge in [0.15, 0.2) is 16.6 Å². The number of ether oxygens (including phenoxy) is 2. The Bertz CT molecular complexity index is 676. The summed E-state index contributed by atoms with van der Waals surface area (Å²) >= 11 is 5.37. The minimum Gasteiger partial charge on any atom is -0.454 e. The van der Waals surface area contributed by atoms with Crippen LogP contribution in [0, 0.1) is 0 Å². The van der Waals surface area contributed by atoms with Crippen molar-refractivity contribution in [2.75, 3.05) is 13.3 Å². The highest BCUT2D eigenvalue weighted by Crippen LogP contribution is 2.34. The van der Waals surface area contributed by atoms with Gasteiger partial charge in [-0.25, -0.2) is 0 Å². The van der Waals surface area contributed by atoms with Gasteiger partial charge in [0.2, 0.25) is 6.79 Å². The molecule has 2 N–H and O–H groups in total. The van der Waals surface area contributed by atoms with Crippen LogP contribution >= 0.6 is 12.2 Å². The third-order valence-corrected chi connectivity index (χ3v) is 4.05. The van der Waals surface area contributed by atoms with E-state index < -0.39 is 0 Å². The Morgan fingerprint density at radius 3 is 2.74 bits per heavy atom. The van der Waals surface area contributed by atoms with E-state index in [9.17, 15) is 0 Å². The van der Waals surface area contributed by atoms with Gasteiger partial charge in [-0.3, -0.25) is 0 Å². The average Bonchev–Trinajstić information content (AvgIpc) is 3.03. The van der Waals surface area contributed by atoms with Crippen LogP contribution in [0.5, 0.6) is 11.5 Å². The van der Waals surface area contributed by atoms with Crippen molar-refractivity contribution in [1.29, 1.82) is 0 Å². The van der Waals surface area contributed by atoms with E-state index in [2.05, 4.69) is 29.7 Å². The summed E-state index contributed by atoms with van der Waals surface area (Å²) in [5.41, 5.74) is 2.41. The number of thiocarbonyl (C=S) groups is 1. The van der Waals surface area contributed by atoms with Crippen LogP contribution in [0.25, 0.3) is 0 Å². The highest BCUT2D eigenvalue weighted by molar-refractivity contribution is 7.80. The molecule has 120 valence electrons. The summed E-state index contributed by atoms with van der Waals surface area (Å²) in [6.45, 7) is 3.17. The summed E-state index contributed by atoms with van der Waals surface area (Å²) in [5, 5.41) is 7.20. The normalized spacial score (nSPS) is 13.4. The van der Waals surface area contributed by atoms with Crippen LogP contribution in [0.4, 0.5) is 0 Å². The Labute approximate surface area is 141 Å². The molecule has 23 heavy (non-hydrogen) atoms. The third kappa shape index (κ3) is 4.13. The zero-order chi connectivity index (χ0) is 16.1. The van der Waals surface area contributed by atoms with Crippen molar-refractivity contribution in [1.82, 2.24) is 10.6 Å². The van der Waals surface area contributed by atoms with Gasteiger partial charge in [-0.1, -0.05) is 36.4 Å². The zero-order valence-corrected chi connectivity index (χ0v) is 13.9. The molecule has 2 aromatic carbocycles. The van der Waals surface area contributed by atoms with E-state index in [0.29, 0.717) is 11.9 Å². The van der Waals surface area contributed by atoms with E-state index in [1.165, 1.54) is 5.56 Å². The number of benzene rings is 2. The first kappa shape index (κ1) is 15.6. The molecule has 2 aromatic rings. The first-order valence-electron chi connectivity index (χ1n) is 7.70. The molecule has 0 aliphatic carbocycles. The molecule has 0 radical (unpaired) electrons. The van der Waals surface area contributed by atoms with Gasteiger partial charge in [0.25, 0.3) is 0 Å². The summed E-state index contributed by atoms with van der Waals surface area (Å²) in [4.78, 5) is 0. The summed E-state index contributed by atoms with van der Waals surface area (Å²) < 4.78 is 10.7. The van der Waals surface area contributed by atoms with E-state index in [1.54, 1.807) is 0 Å². The fourth-order valence-electron chi connectivity index (χ4n) is 2.48. The predicted octanol–water partition coefficient (Wildman–Crippen LogP) is 3.18. The molecule has 4 nitrogen and oxygen atoms in total. The molecule has 1 aliphatic rings. The largest absolute Gasteiger partial charge is 0.454 e. The van der Waals surface area contributed by atoms with Crippen LogP contribution in [0.1, 0.15) is 24.1 Å². The summed E-state index contributed by atoms with van der Waals surface area (Å²) in [5.74, 6) is 1.59. The van der Waals surface area contributed by atoms with Crippen LogP contribution in [-0.4, -0.2) is 18.5 Å². The highest BCUT2D eigenvalue weighted by atomic mass is 32.1. The Balaban J connectivity index is 1.47. The molecule has 0 unspecified atom stereocenters. The zero-order valence-electron chi connectivity index (χ0n) is 13.0. The first-order valence-corrected chi connectivity index (χ1v) is 8.11. The Morgan fingerprint density at radius 2 is 1.91 bits per heavy atom. The van der Waals surface area contributed by atoms with Gasteiger partial charge in [-0.2, -0.15) is 0 Å². The Kier molecular flexibility index (Phi) is 4.98. The maximum Gasteiger partial charge on any atom is 0.231 e. The molecular formula is C18H20N2O2S.